The summed E-state index contributed by atoms with van der Waals surface area (Å²) in [6, 6.07) is 15.5. The van der Waals surface area contributed by atoms with E-state index >= 15 is 0 Å². The van der Waals surface area contributed by atoms with Crippen LogP contribution >= 0.6 is 0 Å². The van der Waals surface area contributed by atoms with Gasteiger partial charge in [0, 0.05) is 16.8 Å². The van der Waals surface area contributed by atoms with Crippen molar-refractivity contribution in [2.75, 3.05) is 4.90 Å². The number of aromatic nitrogens is 1. The van der Waals surface area contributed by atoms with E-state index in [1.54, 1.807) is 0 Å². The average Bonchev–Trinajstić information content (AvgIpc) is 2.80. The van der Waals surface area contributed by atoms with Crippen molar-refractivity contribution in [3.8, 4) is 11.5 Å². The number of hydrogen-bond donors (Lipinski definition) is 0. The first-order valence-electron chi connectivity index (χ1n) is 14.7. The molecule has 2 atom stereocenters. The molecule has 5 rings (SSSR count). The summed E-state index contributed by atoms with van der Waals surface area (Å²) in [5, 5.41) is 0. The lowest BCUT2D eigenvalue weighted by atomic mass is 9.77. The minimum absolute atomic E-state index is 0.0248. The molecule has 0 unspecified atom stereocenters. The molecule has 2 aromatic carbocycles. The zero-order valence-corrected chi connectivity index (χ0v) is 26.9. The van der Waals surface area contributed by atoms with Crippen molar-refractivity contribution < 1.29 is 9.47 Å². The summed E-state index contributed by atoms with van der Waals surface area (Å²) < 4.78 is 14.4. The number of hydrogen-bond acceptors (Lipinski definition) is 4. The molecule has 3 aromatic rings. The van der Waals surface area contributed by atoms with E-state index in [4.69, 9.17) is 14.5 Å². The highest BCUT2D eigenvalue weighted by atomic mass is 16.6. The van der Waals surface area contributed by atoms with Crippen molar-refractivity contribution in [2.24, 2.45) is 0 Å². The van der Waals surface area contributed by atoms with Gasteiger partial charge in [0.15, 0.2) is 0 Å². The molecule has 214 valence electrons. The second-order valence-corrected chi connectivity index (χ2v) is 15.9. The minimum Gasteiger partial charge on any atom is -0.465 e. The molecule has 0 saturated heterocycles. The van der Waals surface area contributed by atoms with Gasteiger partial charge in [-0.1, -0.05) is 101 Å². The first-order chi connectivity index (χ1) is 18.3. The lowest BCUT2D eigenvalue weighted by molar-refractivity contribution is 0.0523. The van der Waals surface area contributed by atoms with Crippen LogP contribution in [-0.4, -0.2) is 4.98 Å². The summed E-state index contributed by atoms with van der Waals surface area (Å²) in [5.74, 6) is 2.76. The number of aryl methyl sites for hydroxylation is 1. The van der Waals surface area contributed by atoms with Crippen LogP contribution in [0.5, 0.6) is 11.5 Å². The second-order valence-electron chi connectivity index (χ2n) is 15.9. The molecule has 0 spiro atoms. The monoisotopic (exact) mass is 540 g/mol. The van der Waals surface area contributed by atoms with E-state index < -0.39 is 0 Å². The molecule has 2 aliphatic heterocycles. The Bertz CT molecular complexity index is 1370. The van der Waals surface area contributed by atoms with Crippen molar-refractivity contribution in [3.63, 3.8) is 0 Å². The van der Waals surface area contributed by atoms with Crippen LogP contribution in [0.25, 0.3) is 0 Å². The van der Waals surface area contributed by atoms with Crippen molar-refractivity contribution in [1.29, 1.82) is 0 Å². The number of fused-ring (bicyclic) bond motifs is 6. The van der Waals surface area contributed by atoms with Crippen LogP contribution in [0.1, 0.15) is 135 Å². The van der Waals surface area contributed by atoms with Gasteiger partial charge in [-0.05, 0) is 64.0 Å². The van der Waals surface area contributed by atoms with E-state index in [0.29, 0.717) is 0 Å². The number of nitrogens with zero attached hydrogens (tertiary/aromatic N) is 2. The molecule has 4 heteroatoms. The number of benzene rings is 2. The molecular formula is C36H48N2O2. The maximum absolute atomic E-state index is 7.20. The third-order valence-corrected chi connectivity index (χ3v) is 8.22. The summed E-state index contributed by atoms with van der Waals surface area (Å²) >= 11 is 0. The zero-order chi connectivity index (χ0) is 29.6. The molecule has 40 heavy (non-hydrogen) atoms. The van der Waals surface area contributed by atoms with Gasteiger partial charge in [-0.15, -0.1) is 0 Å². The fraction of sp³-hybridized carbons (Fsp3) is 0.528. The highest BCUT2D eigenvalue weighted by molar-refractivity contribution is 5.62. The first kappa shape index (κ1) is 28.5. The molecule has 0 radical (unpaired) electrons. The normalized spacial score (nSPS) is 19.0. The van der Waals surface area contributed by atoms with E-state index in [2.05, 4.69) is 124 Å². The molecule has 1 aromatic heterocycles. The van der Waals surface area contributed by atoms with Gasteiger partial charge in [-0.2, -0.15) is 0 Å². The van der Waals surface area contributed by atoms with Crippen LogP contribution in [0.15, 0.2) is 42.5 Å². The average molecular weight is 541 g/mol. The summed E-state index contributed by atoms with van der Waals surface area (Å²) in [4.78, 5) is 7.22. The van der Waals surface area contributed by atoms with Crippen LogP contribution in [0, 0.1) is 6.92 Å². The van der Waals surface area contributed by atoms with Gasteiger partial charge in [0.05, 0.1) is 11.1 Å². The topological polar surface area (TPSA) is 34.6 Å². The zero-order valence-electron chi connectivity index (χ0n) is 26.9. The number of pyridine rings is 1. The SMILES string of the molecule is Cc1cccc(N2[C@@H]3Oc4c(cc(C(C)(C)C)cc4C(C)(C)C)[C@H]2Oc2c3cc(C(C)(C)C)cc2C(C)(C)C)n1. The number of anilines is 1. The molecule has 4 nitrogen and oxygen atoms in total. The smallest absolute Gasteiger partial charge is 0.206 e. The molecule has 0 fully saturated rings. The third kappa shape index (κ3) is 4.88. The molecule has 2 aliphatic rings. The summed E-state index contributed by atoms with van der Waals surface area (Å²) in [6.07, 6.45) is -0.721. The minimum atomic E-state index is -0.361. The Labute approximate surface area is 242 Å². The lowest BCUT2D eigenvalue weighted by Gasteiger charge is -2.49. The van der Waals surface area contributed by atoms with Crippen LogP contribution in [0.2, 0.25) is 0 Å². The Balaban J connectivity index is 1.86. The van der Waals surface area contributed by atoms with E-state index in [-0.39, 0.29) is 34.1 Å². The maximum atomic E-state index is 7.20. The fourth-order valence-corrected chi connectivity index (χ4v) is 5.71. The standard InChI is InChI=1S/C36H48N2O2/c1-21-15-14-16-28(37-21)38-31-24-17-22(33(2,3)4)19-26(35(8,9)10)29(24)39-32(38)25-18-23(34(5,6)7)20-27(30(25)40-31)36(11,12)13/h14-20,31-32H,1-13H3/t31-,32-/m1/s1. The molecule has 0 saturated carbocycles. The second kappa shape index (κ2) is 8.99. The van der Waals surface area contributed by atoms with E-state index in [1.165, 1.54) is 22.3 Å². The summed E-state index contributed by atoms with van der Waals surface area (Å²) in [7, 11) is 0. The number of ether oxygens (including phenoxy) is 2. The van der Waals surface area contributed by atoms with Gasteiger partial charge in [0.1, 0.15) is 17.3 Å². The predicted molar refractivity (Wildman–Crippen MR) is 166 cm³/mol. The van der Waals surface area contributed by atoms with E-state index in [0.717, 1.165) is 34.1 Å². The van der Waals surface area contributed by atoms with Gasteiger partial charge in [0.25, 0.3) is 0 Å². The Morgan fingerprint density at radius 2 is 1.02 bits per heavy atom. The molecule has 0 aliphatic carbocycles. The third-order valence-electron chi connectivity index (χ3n) is 8.22. The Morgan fingerprint density at radius 3 is 1.38 bits per heavy atom. The van der Waals surface area contributed by atoms with Crippen LogP contribution in [0.4, 0.5) is 5.82 Å². The Hall–Kier alpha value is -3.01. The fourth-order valence-electron chi connectivity index (χ4n) is 5.71. The Kier molecular flexibility index (Phi) is 6.41. The van der Waals surface area contributed by atoms with Gasteiger partial charge in [-0.3, -0.25) is 4.90 Å². The molecule has 0 amide bonds. The van der Waals surface area contributed by atoms with Crippen LogP contribution in [0.3, 0.4) is 0 Å². The predicted octanol–water partition coefficient (Wildman–Crippen LogP) is 9.57. The van der Waals surface area contributed by atoms with Crippen molar-refractivity contribution in [3.05, 3.63) is 81.5 Å². The van der Waals surface area contributed by atoms with E-state index in [1.807, 2.05) is 13.0 Å². The Morgan fingerprint density at radius 1 is 0.600 bits per heavy atom. The van der Waals surface area contributed by atoms with Crippen molar-refractivity contribution in [2.45, 2.75) is 124 Å². The number of rotatable bonds is 1. The summed E-state index contributed by atoms with van der Waals surface area (Å²) in [6.45, 7) is 29.3. The maximum Gasteiger partial charge on any atom is 0.206 e. The van der Waals surface area contributed by atoms with Crippen molar-refractivity contribution >= 4 is 5.82 Å². The van der Waals surface area contributed by atoms with Gasteiger partial charge < -0.3 is 9.47 Å². The van der Waals surface area contributed by atoms with Crippen LogP contribution in [-0.2, 0) is 21.7 Å². The van der Waals surface area contributed by atoms with Gasteiger partial charge >= 0.3 is 0 Å². The molecule has 3 heterocycles. The molecule has 2 bridgehead atoms. The lowest BCUT2D eigenvalue weighted by Crippen LogP contribution is -2.47. The highest BCUT2D eigenvalue weighted by Crippen LogP contribution is 2.56. The van der Waals surface area contributed by atoms with Crippen molar-refractivity contribution in [1.82, 2.24) is 4.98 Å². The largest absolute Gasteiger partial charge is 0.465 e. The quantitative estimate of drug-likeness (QED) is 0.308. The van der Waals surface area contributed by atoms with E-state index in [9.17, 15) is 0 Å². The molecule has 0 N–H and O–H groups in total. The summed E-state index contributed by atoms with van der Waals surface area (Å²) in [5.41, 5.74) is 7.86. The van der Waals surface area contributed by atoms with Gasteiger partial charge in [0.2, 0.25) is 12.5 Å². The highest BCUT2D eigenvalue weighted by Gasteiger charge is 2.48. The first-order valence-corrected chi connectivity index (χ1v) is 14.7. The van der Waals surface area contributed by atoms with Crippen LogP contribution < -0.4 is 14.4 Å². The molecular weight excluding hydrogens is 492 g/mol. The van der Waals surface area contributed by atoms with Gasteiger partial charge in [-0.25, -0.2) is 4.98 Å².